The number of aromatic amines is 1. The maximum Gasteiger partial charge on any atom is 0.244 e. The highest BCUT2D eigenvalue weighted by atomic mass is 16.1. The molecule has 0 aromatic carbocycles. The van der Waals surface area contributed by atoms with Crippen molar-refractivity contribution in [2.45, 2.75) is 6.42 Å². The van der Waals surface area contributed by atoms with Crippen LogP contribution in [0, 0.1) is 0 Å². The van der Waals surface area contributed by atoms with E-state index in [1.807, 2.05) is 13.2 Å². The third-order valence-corrected chi connectivity index (χ3v) is 2.28. The monoisotopic (exact) mass is 246 g/mol. The van der Waals surface area contributed by atoms with Crippen molar-refractivity contribution in [1.29, 1.82) is 0 Å². The molecule has 0 fully saturated rings. The predicted molar refractivity (Wildman–Crippen MR) is 65.3 cm³/mol. The molecule has 2 heterocycles. The van der Waals surface area contributed by atoms with Crippen LogP contribution < -0.4 is 5.32 Å². The van der Waals surface area contributed by atoms with Gasteiger partial charge in [-0.2, -0.15) is 10.2 Å². The lowest BCUT2D eigenvalue weighted by Gasteiger charge is -1.98. The first-order valence-electron chi connectivity index (χ1n) is 5.53. The molecule has 94 valence electrons. The van der Waals surface area contributed by atoms with Crippen molar-refractivity contribution < 1.29 is 4.79 Å². The van der Waals surface area contributed by atoms with E-state index in [0.29, 0.717) is 13.0 Å². The summed E-state index contributed by atoms with van der Waals surface area (Å²) in [4.78, 5) is 15.4. The zero-order valence-corrected chi connectivity index (χ0v) is 10.00. The van der Waals surface area contributed by atoms with Gasteiger partial charge in [-0.3, -0.25) is 14.6 Å². The highest BCUT2D eigenvalue weighted by molar-refractivity contribution is 5.91. The van der Waals surface area contributed by atoms with Crippen molar-refractivity contribution in [3.8, 4) is 0 Å². The number of H-pyrrole nitrogens is 1. The van der Waals surface area contributed by atoms with Gasteiger partial charge < -0.3 is 5.32 Å². The summed E-state index contributed by atoms with van der Waals surface area (Å²) >= 11 is 0. The van der Waals surface area contributed by atoms with E-state index in [4.69, 9.17) is 0 Å². The Morgan fingerprint density at radius 3 is 3.17 bits per heavy atom. The second kappa shape index (κ2) is 5.76. The molecule has 0 unspecified atom stereocenters. The molecule has 0 radical (unpaired) electrons. The molecular formula is C11H14N6O. The number of carbonyl (C=O) groups excluding carboxylic acids is 1. The van der Waals surface area contributed by atoms with Crippen LogP contribution in [0.1, 0.15) is 11.4 Å². The van der Waals surface area contributed by atoms with Crippen molar-refractivity contribution in [2.75, 3.05) is 6.54 Å². The molecule has 2 N–H and O–H groups in total. The predicted octanol–water partition coefficient (Wildman–Crippen LogP) is -0.0897. The normalized spacial score (nSPS) is 10.9. The van der Waals surface area contributed by atoms with Crippen LogP contribution in [0.3, 0.4) is 0 Å². The van der Waals surface area contributed by atoms with Gasteiger partial charge in [0.05, 0.1) is 6.20 Å². The van der Waals surface area contributed by atoms with Crippen molar-refractivity contribution in [3.05, 3.63) is 36.2 Å². The Kier molecular flexibility index (Phi) is 3.85. The first-order valence-corrected chi connectivity index (χ1v) is 5.53. The summed E-state index contributed by atoms with van der Waals surface area (Å²) in [7, 11) is 1.83. The molecule has 1 amide bonds. The minimum Gasteiger partial charge on any atom is -0.352 e. The van der Waals surface area contributed by atoms with Gasteiger partial charge in [0.2, 0.25) is 5.91 Å². The molecule has 2 aromatic heterocycles. The number of rotatable bonds is 5. The summed E-state index contributed by atoms with van der Waals surface area (Å²) < 4.78 is 1.68. The maximum atomic E-state index is 11.5. The number of nitrogens with one attached hydrogen (secondary N) is 2. The largest absolute Gasteiger partial charge is 0.352 e. The van der Waals surface area contributed by atoms with Crippen molar-refractivity contribution in [1.82, 2.24) is 30.3 Å². The van der Waals surface area contributed by atoms with E-state index in [0.717, 1.165) is 11.4 Å². The SMILES string of the molecule is Cn1cc(C=CC(=O)NCCc2ncn[nH]2)cn1. The van der Waals surface area contributed by atoms with E-state index in [9.17, 15) is 4.79 Å². The van der Waals surface area contributed by atoms with Gasteiger partial charge in [0.25, 0.3) is 0 Å². The van der Waals surface area contributed by atoms with Crippen LogP contribution in [0.4, 0.5) is 0 Å². The second-order valence-corrected chi connectivity index (χ2v) is 3.75. The van der Waals surface area contributed by atoms with Crippen molar-refractivity contribution in [2.24, 2.45) is 7.05 Å². The molecule has 2 aromatic rings. The molecule has 0 saturated heterocycles. The fraction of sp³-hybridized carbons (Fsp3) is 0.273. The number of aryl methyl sites for hydroxylation is 1. The molecular weight excluding hydrogens is 232 g/mol. The van der Waals surface area contributed by atoms with Gasteiger partial charge in [0.15, 0.2) is 0 Å². The highest BCUT2D eigenvalue weighted by Crippen LogP contribution is 1.98. The number of hydrogen-bond donors (Lipinski definition) is 2. The Morgan fingerprint density at radius 2 is 2.50 bits per heavy atom. The second-order valence-electron chi connectivity index (χ2n) is 3.75. The summed E-state index contributed by atoms with van der Waals surface area (Å²) in [5.74, 6) is 0.616. The van der Waals surface area contributed by atoms with Gasteiger partial charge >= 0.3 is 0 Å². The van der Waals surface area contributed by atoms with E-state index in [1.165, 1.54) is 12.4 Å². The van der Waals surface area contributed by atoms with Crippen LogP contribution in [0.2, 0.25) is 0 Å². The molecule has 0 atom stereocenters. The Bertz CT molecular complexity index is 527. The molecule has 0 saturated carbocycles. The van der Waals surface area contributed by atoms with Gasteiger partial charge in [0.1, 0.15) is 12.2 Å². The number of hydrogen-bond acceptors (Lipinski definition) is 4. The summed E-state index contributed by atoms with van der Waals surface area (Å²) in [6.07, 6.45) is 8.80. The van der Waals surface area contributed by atoms with E-state index >= 15 is 0 Å². The minimum absolute atomic E-state index is 0.140. The Morgan fingerprint density at radius 1 is 1.61 bits per heavy atom. The number of nitrogens with zero attached hydrogens (tertiary/aromatic N) is 4. The lowest BCUT2D eigenvalue weighted by Crippen LogP contribution is -2.23. The molecule has 0 spiro atoms. The van der Waals surface area contributed by atoms with Crippen molar-refractivity contribution >= 4 is 12.0 Å². The molecule has 0 aliphatic heterocycles. The lowest BCUT2D eigenvalue weighted by atomic mass is 10.3. The quantitative estimate of drug-likeness (QED) is 0.722. The number of amides is 1. The first-order chi connectivity index (χ1) is 8.74. The van der Waals surface area contributed by atoms with E-state index in [1.54, 1.807) is 17.0 Å². The Hall–Kier alpha value is -2.44. The fourth-order valence-corrected chi connectivity index (χ4v) is 1.41. The summed E-state index contributed by atoms with van der Waals surface area (Å²) in [6.45, 7) is 0.519. The van der Waals surface area contributed by atoms with Crippen LogP contribution in [0.5, 0.6) is 0 Å². The topological polar surface area (TPSA) is 88.5 Å². The van der Waals surface area contributed by atoms with E-state index < -0.39 is 0 Å². The fourth-order valence-electron chi connectivity index (χ4n) is 1.41. The van der Waals surface area contributed by atoms with Crippen LogP contribution in [-0.4, -0.2) is 37.4 Å². The van der Waals surface area contributed by atoms with Gasteiger partial charge in [-0.15, -0.1) is 0 Å². The van der Waals surface area contributed by atoms with Gasteiger partial charge in [-0.1, -0.05) is 0 Å². The average Bonchev–Trinajstić information content (AvgIpc) is 2.98. The molecule has 0 bridgehead atoms. The standard InChI is InChI=1S/C11H14N6O/c1-17-7-9(6-15-17)2-3-11(18)12-5-4-10-13-8-14-16-10/h2-3,6-8H,4-5H2,1H3,(H,12,18)(H,13,14,16). The van der Waals surface area contributed by atoms with E-state index in [-0.39, 0.29) is 5.91 Å². The number of carbonyl (C=O) groups is 1. The smallest absolute Gasteiger partial charge is 0.244 e. The van der Waals surface area contributed by atoms with Gasteiger partial charge in [-0.25, -0.2) is 4.98 Å². The molecule has 7 nitrogen and oxygen atoms in total. The first kappa shape index (κ1) is 12.0. The Balaban J connectivity index is 1.73. The minimum atomic E-state index is -0.140. The van der Waals surface area contributed by atoms with Gasteiger partial charge in [0, 0.05) is 37.8 Å². The molecule has 0 aliphatic carbocycles. The molecule has 0 aliphatic rings. The third kappa shape index (κ3) is 3.55. The van der Waals surface area contributed by atoms with Crippen LogP contribution >= 0.6 is 0 Å². The third-order valence-electron chi connectivity index (χ3n) is 2.28. The summed E-state index contributed by atoms with van der Waals surface area (Å²) in [6, 6.07) is 0. The zero-order chi connectivity index (χ0) is 12.8. The van der Waals surface area contributed by atoms with Gasteiger partial charge in [-0.05, 0) is 6.08 Å². The Labute approximate surface area is 104 Å². The summed E-state index contributed by atoms with van der Waals surface area (Å²) in [5.41, 5.74) is 0.892. The maximum absolute atomic E-state index is 11.5. The van der Waals surface area contributed by atoms with Crippen LogP contribution in [0.25, 0.3) is 6.08 Å². The lowest BCUT2D eigenvalue weighted by molar-refractivity contribution is -0.116. The molecule has 2 rings (SSSR count). The van der Waals surface area contributed by atoms with Crippen LogP contribution in [-0.2, 0) is 18.3 Å². The zero-order valence-electron chi connectivity index (χ0n) is 10.00. The van der Waals surface area contributed by atoms with Crippen LogP contribution in [0.15, 0.2) is 24.8 Å². The molecule has 7 heteroatoms. The molecule has 18 heavy (non-hydrogen) atoms. The van der Waals surface area contributed by atoms with E-state index in [2.05, 4.69) is 25.6 Å². The number of aromatic nitrogens is 5. The summed E-state index contributed by atoms with van der Waals surface area (Å²) in [5, 5.41) is 13.2. The average molecular weight is 246 g/mol. The van der Waals surface area contributed by atoms with Crippen molar-refractivity contribution in [3.63, 3.8) is 0 Å². The highest BCUT2D eigenvalue weighted by Gasteiger charge is 1.98.